The second kappa shape index (κ2) is 10.1. The van der Waals surface area contributed by atoms with Crippen molar-refractivity contribution in [3.8, 4) is 11.5 Å². The van der Waals surface area contributed by atoms with Crippen LogP contribution in [0.1, 0.15) is 30.5 Å². The van der Waals surface area contributed by atoms with Gasteiger partial charge in [-0.15, -0.1) is 0 Å². The molecule has 1 heterocycles. The van der Waals surface area contributed by atoms with Crippen molar-refractivity contribution in [2.75, 3.05) is 18.0 Å². The number of hydrogen-bond acceptors (Lipinski definition) is 5. The Morgan fingerprint density at radius 3 is 2.64 bits per heavy atom. The monoisotopic (exact) mass is 530 g/mol. The number of anilines is 1. The average Bonchev–Trinajstić information content (AvgIpc) is 2.83. The van der Waals surface area contributed by atoms with Gasteiger partial charge in [0.25, 0.3) is 10.0 Å². The van der Waals surface area contributed by atoms with E-state index in [1.165, 1.54) is 23.5 Å². The number of benzene rings is 3. The fraction of sp³-hybridized carbons (Fsp3) is 0.259. The van der Waals surface area contributed by atoms with E-state index >= 15 is 0 Å². The molecule has 2 atom stereocenters. The molecule has 0 radical (unpaired) electrons. The lowest BCUT2D eigenvalue weighted by atomic mass is 10.0. The molecule has 2 N–H and O–H groups in total. The minimum atomic E-state index is -4.01. The van der Waals surface area contributed by atoms with Crippen molar-refractivity contribution in [2.24, 2.45) is 5.73 Å². The van der Waals surface area contributed by atoms with Gasteiger partial charge in [0, 0.05) is 18.2 Å². The second-order valence-corrected chi connectivity index (χ2v) is 10.9. The molecule has 3 aromatic carbocycles. The van der Waals surface area contributed by atoms with Crippen LogP contribution < -0.4 is 19.5 Å². The van der Waals surface area contributed by atoms with Gasteiger partial charge in [-0.25, -0.2) is 12.8 Å². The van der Waals surface area contributed by atoms with Gasteiger partial charge in [-0.3, -0.25) is 4.31 Å². The van der Waals surface area contributed by atoms with Crippen LogP contribution in [0.3, 0.4) is 0 Å². The normalized spacial score (nSPS) is 18.0. The van der Waals surface area contributed by atoms with Gasteiger partial charge in [-0.1, -0.05) is 35.9 Å². The molecule has 6 nitrogen and oxygen atoms in total. The summed E-state index contributed by atoms with van der Waals surface area (Å²) in [6, 6.07) is 13.9. The van der Waals surface area contributed by atoms with Crippen molar-refractivity contribution in [1.29, 1.82) is 0 Å². The molecular formula is C27H28ClFN2O4S. The third-order valence-corrected chi connectivity index (χ3v) is 8.53. The zero-order valence-corrected chi connectivity index (χ0v) is 22.0. The standard InChI is InChI=1S/C27H28ClFN2O4S/c1-16-8-10-20(14-25(16)34-4)36(32,33)31-18(3)26(15-30)35-24-11-9-19(13-23(24)31)12-17(2)27-21(28)6-5-7-22(27)29/h5-14,18,26H,15,30H2,1-4H3. The van der Waals surface area contributed by atoms with E-state index in [1.54, 1.807) is 62.4 Å². The SMILES string of the molecule is COc1cc(S(=O)(=O)N2c3cc(C=C(C)c4c(F)cccc4Cl)ccc3OC(CN)C2C)ccc1C. The number of hydrogen-bond donors (Lipinski definition) is 1. The predicted molar refractivity (Wildman–Crippen MR) is 142 cm³/mol. The molecule has 36 heavy (non-hydrogen) atoms. The number of nitrogens with zero attached hydrogens (tertiary/aromatic N) is 1. The molecule has 0 aliphatic carbocycles. The van der Waals surface area contributed by atoms with Gasteiger partial charge >= 0.3 is 0 Å². The lowest BCUT2D eigenvalue weighted by Gasteiger charge is -2.40. The fourth-order valence-corrected chi connectivity index (χ4v) is 6.40. The molecule has 9 heteroatoms. The van der Waals surface area contributed by atoms with E-state index in [9.17, 15) is 12.8 Å². The number of nitrogens with two attached hydrogens (primary N) is 1. The maximum Gasteiger partial charge on any atom is 0.264 e. The van der Waals surface area contributed by atoms with Crippen LogP contribution in [0.15, 0.2) is 59.5 Å². The number of sulfonamides is 1. The van der Waals surface area contributed by atoms with Gasteiger partial charge in [0.1, 0.15) is 23.4 Å². The van der Waals surface area contributed by atoms with E-state index in [2.05, 4.69) is 0 Å². The van der Waals surface area contributed by atoms with Gasteiger partial charge in [0.15, 0.2) is 0 Å². The Bertz CT molecular complexity index is 1420. The molecule has 190 valence electrons. The van der Waals surface area contributed by atoms with Crippen LogP contribution in [-0.2, 0) is 10.0 Å². The van der Waals surface area contributed by atoms with Crippen LogP contribution in [0.25, 0.3) is 11.6 Å². The molecule has 1 aliphatic rings. The van der Waals surface area contributed by atoms with Crippen LogP contribution >= 0.6 is 11.6 Å². The number of fused-ring (bicyclic) bond motifs is 1. The number of allylic oxidation sites excluding steroid dienone is 1. The van der Waals surface area contributed by atoms with Gasteiger partial charge < -0.3 is 15.2 Å². The number of halogens is 2. The van der Waals surface area contributed by atoms with Crippen LogP contribution in [0.2, 0.25) is 5.02 Å². The Hall–Kier alpha value is -3.07. The van der Waals surface area contributed by atoms with E-state index in [-0.39, 0.29) is 11.4 Å². The molecule has 0 spiro atoms. The smallest absolute Gasteiger partial charge is 0.264 e. The third-order valence-electron chi connectivity index (χ3n) is 6.32. The molecule has 0 fully saturated rings. The first-order chi connectivity index (χ1) is 17.1. The van der Waals surface area contributed by atoms with Crippen molar-refractivity contribution in [3.63, 3.8) is 0 Å². The Labute approximate surface area is 216 Å². The highest BCUT2D eigenvalue weighted by Crippen LogP contribution is 2.41. The van der Waals surface area contributed by atoms with E-state index in [1.807, 2.05) is 6.92 Å². The van der Waals surface area contributed by atoms with E-state index < -0.39 is 28.0 Å². The van der Waals surface area contributed by atoms with Crippen molar-refractivity contribution in [1.82, 2.24) is 0 Å². The second-order valence-electron chi connectivity index (χ2n) is 8.72. The van der Waals surface area contributed by atoms with Gasteiger partial charge in [0.05, 0.1) is 28.8 Å². The molecule has 2 unspecified atom stereocenters. The molecule has 0 bridgehead atoms. The summed E-state index contributed by atoms with van der Waals surface area (Å²) in [4.78, 5) is 0.0932. The zero-order valence-electron chi connectivity index (χ0n) is 20.5. The quantitative estimate of drug-likeness (QED) is 0.416. The maximum atomic E-state index is 14.5. The lowest BCUT2D eigenvalue weighted by Crippen LogP contribution is -2.53. The third kappa shape index (κ3) is 4.68. The summed E-state index contributed by atoms with van der Waals surface area (Å²) in [5, 5.41) is 0.293. The molecule has 3 aromatic rings. The average molecular weight is 531 g/mol. The molecule has 0 saturated heterocycles. The summed E-state index contributed by atoms with van der Waals surface area (Å²) in [7, 11) is -2.51. The Morgan fingerprint density at radius 2 is 1.97 bits per heavy atom. The number of methoxy groups -OCH3 is 1. The topological polar surface area (TPSA) is 81.9 Å². The van der Waals surface area contributed by atoms with Crippen molar-refractivity contribution < 1.29 is 22.3 Å². The Morgan fingerprint density at radius 1 is 1.22 bits per heavy atom. The van der Waals surface area contributed by atoms with Crippen molar-refractivity contribution in [3.05, 3.63) is 82.1 Å². The highest BCUT2D eigenvalue weighted by atomic mass is 35.5. The largest absolute Gasteiger partial charge is 0.496 e. The molecule has 1 aliphatic heterocycles. The van der Waals surface area contributed by atoms with E-state index in [0.29, 0.717) is 38.9 Å². The number of rotatable bonds is 6. The summed E-state index contributed by atoms with van der Waals surface area (Å²) in [6.45, 7) is 5.49. The maximum absolute atomic E-state index is 14.5. The molecule has 0 saturated carbocycles. The summed E-state index contributed by atoms with van der Waals surface area (Å²) >= 11 is 6.23. The van der Waals surface area contributed by atoms with Gasteiger partial charge in [0.2, 0.25) is 0 Å². The van der Waals surface area contributed by atoms with Crippen molar-refractivity contribution in [2.45, 2.75) is 37.8 Å². The molecular weight excluding hydrogens is 503 g/mol. The first-order valence-corrected chi connectivity index (χ1v) is 13.2. The summed E-state index contributed by atoms with van der Waals surface area (Å²) in [5.41, 5.74) is 8.67. The minimum Gasteiger partial charge on any atom is -0.496 e. The summed E-state index contributed by atoms with van der Waals surface area (Å²) in [5.74, 6) is 0.432. The number of aryl methyl sites for hydroxylation is 1. The zero-order chi connectivity index (χ0) is 26.2. The highest BCUT2D eigenvalue weighted by Gasteiger charge is 2.40. The Balaban J connectivity index is 1.85. The van der Waals surface area contributed by atoms with E-state index in [4.69, 9.17) is 26.8 Å². The summed E-state index contributed by atoms with van der Waals surface area (Å²) in [6.07, 6.45) is 1.21. The van der Waals surface area contributed by atoms with Gasteiger partial charge in [-0.2, -0.15) is 0 Å². The minimum absolute atomic E-state index is 0.0932. The van der Waals surface area contributed by atoms with Crippen LogP contribution in [0.5, 0.6) is 11.5 Å². The van der Waals surface area contributed by atoms with Crippen molar-refractivity contribution >= 4 is 39.0 Å². The van der Waals surface area contributed by atoms with Crippen LogP contribution in [0, 0.1) is 12.7 Å². The number of ether oxygens (including phenoxy) is 2. The highest BCUT2D eigenvalue weighted by molar-refractivity contribution is 7.92. The predicted octanol–water partition coefficient (Wildman–Crippen LogP) is 5.66. The Kier molecular flexibility index (Phi) is 7.31. The van der Waals surface area contributed by atoms with Crippen LogP contribution in [0.4, 0.5) is 10.1 Å². The first kappa shape index (κ1) is 26.0. The first-order valence-electron chi connectivity index (χ1n) is 11.4. The molecule has 4 rings (SSSR count). The lowest BCUT2D eigenvalue weighted by molar-refractivity contribution is 0.174. The summed E-state index contributed by atoms with van der Waals surface area (Å²) < 4.78 is 55.1. The van der Waals surface area contributed by atoms with Crippen LogP contribution in [-0.4, -0.2) is 34.2 Å². The van der Waals surface area contributed by atoms with E-state index in [0.717, 1.165) is 5.56 Å². The molecule has 0 amide bonds. The molecule has 0 aromatic heterocycles. The fourth-order valence-electron chi connectivity index (χ4n) is 4.39. The van der Waals surface area contributed by atoms with Gasteiger partial charge in [-0.05, 0) is 67.8 Å².